The Labute approximate surface area is 126 Å². The van der Waals surface area contributed by atoms with Crippen molar-refractivity contribution in [1.29, 1.82) is 0 Å². The normalized spacial score (nSPS) is 13.7. The van der Waals surface area contributed by atoms with E-state index >= 15 is 0 Å². The molecular formula is C16H15BrN2O. The fraction of sp³-hybridized carbons (Fsp3) is 0.188. The largest absolute Gasteiger partial charge is 0.322 e. The maximum Gasteiger partial charge on any atom is 0.255 e. The first-order valence-corrected chi connectivity index (χ1v) is 7.42. The Morgan fingerprint density at radius 1 is 1.20 bits per heavy atom. The SMILES string of the molecule is O=C(Nc1cccc2c1CNCC2)c1cccc(Br)c1. The lowest BCUT2D eigenvalue weighted by Gasteiger charge is -2.20. The topological polar surface area (TPSA) is 41.1 Å². The van der Waals surface area contributed by atoms with Crippen LogP contribution in [-0.2, 0) is 13.0 Å². The van der Waals surface area contributed by atoms with Crippen molar-refractivity contribution < 1.29 is 4.79 Å². The summed E-state index contributed by atoms with van der Waals surface area (Å²) in [7, 11) is 0. The van der Waals surface area contributed by atoms with Crippen LogP contribution >= 0.6 is 15.9 Å². The van der Waals surface area contributed by atoms with Crippen molar-refractivity contribution in [3.05, 3.63) is 63.6 Å². The van der Waals surface area contributed by atoms with Gasteiger partial charge in [-0.3, -0.25) is 4.79 Å². The summed E-state index contributed by atoms with van der Waals surface area (Å²) in [6.45, 7) is 1.81. The fourth-order valence-electron chi connectivity index (χ4n) is 2.46. The summed E-state index contributed by atoms with van der Waals surface area (Å²) in [6.07, 6.45) is 1.01. The first-order chi connectivity index (χ1) is 9.74. The van der Waals surface area contributed by atoms with Crippen molar-refractivity contribution in [1.82, 2.24) is 5.32 Å². The lowest BCUT2D eigenvalue weighted by atomic mass is 9.99. The van der Waals surface area contributed by atoms with Gasteiger partial charge in [-0.2, -0.15) is 0 Å². The number of nitrogens with one attached hydrogen (secondary N) is 2. The molecule has 0 saturated carbocycles. The van der Waals surface area contributed by atoms with Crippen LogP contribution in [0.1, 0.15) is 21.5 Å². The lowest BCUT2D eigenvalue weighted by Crippen LogP contribution is -2.25. The number of hydrogen-bond acceptors (Lipinski definition) is 2. The highest BCUT2D eigenvalue weighted by Gasteiger charge is 2.14. The molecule has 3 nitrogen and oxygen atoms in total. The van der Waals surface area contributed by atoms with Crippen LogP contribution in [0.25, 0.3) is 0 Å². The molecule has 0 fully saturated rings. The third kappa shape index (κ3) is 2.76. The molecule has 1 aliphatic heterocycles. The summed E-state index contributed by atoms with van der Waals surface area (Å²) in [5, 5.41) is 6.36. The average Bonchev–Trinajstić information content (AvgIpc) is 2.47. The molecule has 3 rings (SSSR count). The van der Waals surface area contributed by atoms with E-state index in [0.29, 0.717) is 5.56 Å². The van der Waals surface area contributed by atoms with Crippen molar-refractivity contribution in [2.75, 3.05) is 11.9 Å². The second kappa shape index (κ2) is 5.77. The van der Waals surface area contributed by atoms with Crippen LogP contribution in [0.2, 0.25) is 0 Å². The van der Waals surface area contributed by atoms with E-state index in [0.717, 1.165) is 29.7 Å². The molecule has 4 heteroatoms. The Morgan fingerprint density at radius 2 is 2.05 bits per heavy atom. The lowest BCUT2D eigenvalue weighted by molar-refractivity contribution is 0.102. The molecule has 1 amide bonds. The van der Waals surface area contributed by atoms with E-state index < -0.39 is 0 Å². The van der Waals surface area contributed by atoms with Gasteiger partial charge in [0.25, 0.3) is 5.91 Å². The van der Waals surface area contributed by atoms with Gasteiger partial charge in [0.1, 0.15) is 0 Å². The monoisotopic (exact) mass is 330 g/mol. The Balaban J connectivity index is 1.86. The van der Waals surface area contributed by atoms with Crippen molar-refractivity contribution >= 4 is 27.5 Å². The van der Waals surface area contributed by atoms with Crippen LogP contribution in [-0.4, -0.2) is 12.5 Å². The quantitative estimate of drug-likeness (QED) is 0.886. The van der Waals surface area contributed by atoms with Crippen LogP contribution < -0.4 is 10.6 Å². The summed E-state index contributed by atoms with van der Waals surface area (Å²) in [5.74, 6) is -0.0785. The van der Waals surface area contributed by atoms with Crippen molar-refractivity contribution in [2.24, 2.45) is 0 Å². The van der Waals surface area contributed by atoms with E-state index in [1.165, 1.54) is 11.1 Å². The molecule has 2 aromatic rings. The minimum absolute atomic E-state index is 0.0785. The third-order valence-corrected chi connectivity index (χ3v) is 3.97. The number of carbonyl (C=O) groups is 1. The Bertz CT molecular complexity index is 655. The Kier molecular flexibility index (Phi) is 3.85. The molecule has 2 N–H and O–H groups in total. The Morgan fingerprint density at radius 3 is 2.90 bits per heavy atom. The van der Waals surface area contributed by atoms with Crippen LogP contribution in [0.4, 0.5) is 5.69 Å². The number of halogens is 1. The van der Waals surface area contributed by atoms with Gasteiger partial charge in [0.05, 0.1) is 0 Å². The van der Waals surface area contributed by atoms with Gasteiger partial charge in [0.15, 0.2) is 0 Å². The molecule has 0 bridgehead atoms. The van der Waals surface area contributed by atoms with Gasteiger partial charge in [0.2, 0.25) is 0 Å². The molecule has 1 aliphatic rings. The smallest absolute Gasteiger partial charge is 0.255 e. The van der Waals surface area contributed by atoms with Crippen LogP contribution in [0.15, 0.2) is 46.9 Å². The summed E-state index contributed by atoms with van der Waals surface area (Å²) >= 11 is 3.39. The van der Waals surface area contributed by atoms with Gasteiger partial charge in [-0.1, -0.05) is 34.1 Å². The van der Waals surface area contributed by atoms with Gasteiger partial charge < -0.3 is 10.6 Å². The maximum atomic E-state index is 12.3. The molecular weight excluding hydrogens is 316 g/mol. The highest BCUT2D eigenvalue weighted by molar-refractivity contribution is 9.10. The molecule has 0 radical (unpaired) electrons. The van der Waals surface area contributed by atoms with E-state index in [4.69, 9.17) is 0 Å². The van der Waals surface area contributed by atoms with Crippen molar-refractivity contribution in [3.63, 3.8) is 0 Å². The molecule has 2 aromatic carbocycles. The molecule has 0 atom stereocenters. The van der Waals surface area contributed by atoms with Crippen molar-refractivity contribution in [3.8, 4) is 0 Å². The molecule has 0 aliphatic carbocycles. The van der Waals surface area contributed by atoms with Crippen molar-refractivity contribution in [2.45, 2.75) is 13.0 Å². The van der Waals surface area contributed by atoms with Gasteiger partial charge in [-0.05, 0) is 48.4 Å². The van der Waals surface area contributed by atoms with Gasteiger partial charge in [0, 0.05) is 22.3 Å². The highest BCUT2D eigenvalue weighted by atomic mass is 79.9. The minimum Gasteiger partial charge on any atom is -0.322 e. The van der Waals surface area contributed by atoms with E-state index in [1.54, 1.807) is 0 Å². The number of hydrogen-bond donors (Lipinski definition) is 2. The number of rotatable bonds is 2. The number of benzene rings is 2. The highest BCUT2D eigenvalue weighted by Crippen LogP contribution is 2.23. The van der Waals surface area contributed by atoms with Gasteiger partial charge >= 0.3 is 0 Å². The van der Waals surface area contributed by atoms with E-state index in [1.807, 2.05) is 36.4 Å². The number of anilines is 1. The summed E-state index contributed by atoms with van der Waals surface area (Å²) in [6, 6.07) is 13.5. The number of carbonyl (C=O) groups excluding carboxylic acids is 1. The second-order valence-corrected chi connectivity index (χ2v) is 5.75. The molecule has 0 saturated heterocycles. The molecule has 1 heterocycles. The predicted octanol–water partition coefficient (Wildman–Crippen LogP) is 3.35. The maximum absolute atomic E-state index is 12.3. The first kappa shape index (κ1) is 13.3. The van der Waals surface area contributed by atoms with Gasteiger partial charge in [-0.25, -0.2) is 0 Å². The molecule has 0 unspecified atom stereocenters. The third-order valence-electron chi connectivity index (χ3n) is 3.48. The second-order valence-electron chi connectivity index (χ2n) is 4.83. The van der Waals surface area contributed by atoms with Crippen LogP contribution in [0.5, 0.6) is 0 Å². The summed E-state index contributed by atoms with van der Waals surface area (Å²) in [5.41, 5.74) is 4.07. The van der Waals surface area contributed by atoms with E-state index in [9.17, 15) is 4.79 Å². The van der Waals surface area contributed by atoms with E-state index in [2.05, 4.69) is 32.6 Å². The molecule has 102 valence electrons. The van der Waals surface area contributed by atoms with Crippen LogP contribution in [0, 0.1) is 0 Å². The summed E-state index contributed by atoms with van der Waals surface area (Å²) < 4.78 is 0.905. The Hall–Kier alpha value is -1.65. The van der Waals surface area contributed by atoms with Gasteiger partial charge in [-0.15, -0.1) is 0 Å². The summed E-state index contributed by atoms with van der Waals surface area (Å²) in [4.78, 5) is 12.3. The first-order valence-electron chi connectivity index (χ1n) is 6.62. The fourth-order valence-corrected chi connectivity index (χ4v) is 2.85. The zero-order valence-corrected chi connectivity index (χ0v) is 12.5. The average molecular weight is 331 g/mol. The number of fused-ring (bicyclic) bond motifs is 1. The van der Waals surface area contributed by atoms with E-state index in [-0.39, 0.29) is 5.91 Å². The number of amides is 1. The molecule has 0 spiro atoms. The standard InChI is InChI=1S/C16H15BrN2O/c17-13-5-1-4-12(9-13)16(20)19-15-6-2-3-11-7-8-18-10-14(11)15/h1-6,9,18H,7-8,10H2,(H,19,20). The minimum atomic E-state index is -0.0785. The van der Waals surface area contributed by atoms with Crippen LogP contribution in [0.3, 0.4) is 0 Å². The molecule has 0 aromatic heterocycles. The zero-order chi connectivity index (χ0) is 13.9. The predicted molar refractivity (Wildman–Crippen MR) is 83.9 cm³/mol. The molecule has 20 heavy (non-hydrogen) atoms. The zero-order valence-electron chi connectivity index (χ0n) is 10.9.